The smallest absolute Gasteiger partial charge is 0.183 e. The molecule has 35 heavy (non-hydrogen) atoms. The molecule has 2 unspecified atom stereocenters. The Hall–Kier alpha value is -1.81. The zero-order valence-electron chi connectivity index (χ0n) is 19.9. The van der Waals surface area contributed by atoms with E-state index < -0.39 is 28.5 Å². The Bertz CT molecular complexity index is 1020. The minimum atomic E-state index is -3.56. The van der Waals surface area contributed by atoms with Gasteiger partial charge in [0, 0.05) is 6.42 Å². The van der Waals surface area contributed by atoms with Gasteiger partial charge < -0.3 is 23.7 Å². The van der Waals surface area contributed by atoms with Gasteiger partial charge in [0.15, 0.2) is 22.4 Å². The number of fused-ring (bicyclic) bond motifs is 1. The van der Waals surface area contributed by atoms with Crippen LogP contribution in [0.4, 0.5) is 0 Å². The Morgan fingerprint density at radius 2 is 1.60 bits per heavy atom. The van der Waals surface area contributed by atoms with Crippen LogP contribution in [0, 0.1) is 0 Å². The molecule has 0 N–H and O–H groups in total. The lowest BCUT2D eigenvalue weighted by atomic mass is 9.97. The minimum Gasteiger partial charge on any atom is -0.371 e. The van der Waals surface area contributed by atoms with Crippen LogP contribution in [0.2, 0.25) is 0 Å². The number of hydrogen-bond donors (Lipinski definition) is 0. The summed E-state index contributed by atoms with van der Waals surface area (Å²) in [4.78, 5) is 0.257. The van der Waals surface area contributed by atoms with Crippen molar-refractivity contribution in [1.29, 1.82) is 0 Å². The van der Waals surface area contributed by atoms with Crippen LogP contribution >= 0.6 is 0 Å². The van der Waals surface area contributed by atoms with Crippen molar-refractivity contribution in [2.75, 3.05) is 12.4 Å². The van der Waals surface area contributed by atoms with Gasteiger partial charge in [0.2, 0.25) is 0 Å². The Morgan fingerprint density at radius 3 is 2.34 bits per heavy atom. The van der Waals surface area contributed by atoms with Crippen LogP contribution in [0.25, 0.3) is 0 Å². The van der Waals surface area contributed by atoms with Gasteiger partial charge in [-0.1, -0.05) is 67.8 Å². The molecular formula is C27H34O7S. The summed E-state index contributed by atoms with van der Waals surface area (Å²) in [6.45, 7) is 0.664. The number of benzene rings is 2. The van der Waals surface area contributed by atoms with Crippen LogP contribution < -0.4 is 0 Å². The first-order valence-corrected chi connectivity index (χ1v) is 14.2. The van der Waals surface area contributed by atoms with Gasteiger partial charge in [0.1, 0.15) is 18.0 Å². The Balaban J connectivity index is 1.27. The first-order valence-electron chi connectivity index (χ1n) is 12.6. The van der Waals surface area contributed by atoms with Gasteiger partial charge in [0.05, 0.1) is 30.3 Å². The number of ether oxygens (including phenoxy) is 5. The molecular weight excluding hydrogens is 468 g/mol. The van der Waals surface area contributed by atoms with E-state index in [1.54, 1.807) is 30.3 Å². The summed E-state index contributed by atoms with van der Waals surface area (Å²) in [5.74, 6) is -0.256. The van der Waals surface area contributed by atoms with E-state index in [1.165, 1.54) is 19.3 Å². The molecule has 1 saturated carbocycles. The molecule has 0 aromatic heterocycles. The molecule has 0 spiro atoms. The van der Waals surface area contributed by atoms with E-state index in [9.17, 15) is 8.42 Å². The van der Waals surface area contributed by atoms with E-state index in [4.69, 9.17) is 23.7 Å². The van der Waals surface area contributed by atoms with Gasteiger partial charge in [-0.15, -0.1) is 0 Å². The second-order valence-electron chi connectivity index (χ2n) is 9.53. The third-order valence-corrected chi connectivity index (χ3v) is 8.60. The minimum absolute atomic E-state index is 0.203. The van der Waals surface area contributed by atoms with Crippen LogP contribution in [0.3, 0.4) is 0 Å². The molecule has 5 rings (SSSR count). The maximum Gasteiger partial charge on any atom is 0.183 e. The molecule has 3 fully saturated rings. The highest BCUT2D eigenvalue weighted by molar-refractivity contribution is 7.91. The third-order valence-electron chi connectivity index (χ3n) is 6.90. The Labute approximate surface area is 207 Å². The summed E-state index contributed by atoms with van der Waals surface area (Å²) < 4.78 is 56.7. The van der Waals surface area contributed by atoms with E-state index in [1.807, 2.05) is 30.3 Å². The molecule has 3 aliphatic rings. The molecule has 2 aromatic carbocycles. The van der Waals surface area contributed by atoms with Crippen LogP contribution in [0.5, 0.6) is 0 Å². The normalized spacial score (nSPS) is 30.0. The molecule has 0 radical (unpaired) electrons. The van der Waals surface area contributed by atoms with E-state index in [0.29, 0.717) is 13.0 Å². The quantitative estimate of drug-likeness (QED) is 0.534. The summed E-state index contributed by atoms with van der Waals surface area (Å²) in [6, 6.07) is 18.4. The second-order valence-corrected chi connectivity index (χ2v) is 11.6. The Morgan fingerprint density at radius 1 is 0.886 bits per heavy atom. The maximum atomic E-state index is 12.9. The van der Waals surface area contributed by atoms with Crippen molar-refractivity contribution in [3.8, 4) is 0 Å². The predicted molar refractivity (Wildman–Crippen MR) is 129 cm³/mol. The van der Waals surface area contributed by atoms with Crippen molar-refractivity contribution < 1.29 is 32.1 Å². The molecule has 2 aliphatic heterocycles. The Kier molecular flexibility index (Phi) is 8.17. The molecule has 7 nitrogen and oxygen atoms in total. The molecule has 0 amide bonds. The van der Waals surface area contributed by atoms with Crippen LogP contribution in [0.15, 0.2) is 65.6 Å². The second kappa shape index (κ2) is 11.5. The highest BCUT2D eigenvalue weighted by atomic mass is 32.2. The number of rotatable bonds is 8. The van der Waals surface area contributed by atoms with Gasteiger partial charge in [0.25, 0.3) is 0 Å². The number of sulfone groups is 1. The molecule has 0 bridgehead atoms. The SMILES string of the molecule is O=S(=O)(CC1OC[C@H]2OC(OC3CCCCC3)C[C@@H](OCc3ccccc3)[C@@H]2O1)c1ccccc1. The van der Waals surface area contributed by atoms with Crippen molar-refractivity contribution in [2.45, 2.75) is 87.0 Å². The van der Waals surface area contributed by atoms with Crippen LogP contribution in [-0.4, -0.2) is 57.8 Å². The average Bonchev–Trinajstić information content (AvgIpc) is 2.89. The van der Waals surface area contributed by atoms with Gasteiger partial charge in [-0.2, -0.15) is 0 Å². The monoisotopic (exact) mass is 502 g/mol. The standard InChI is InChI=1S/C27H34O7S/c28-35(29,22-14-8-3-9-15-22)19-26-31-18-24-27(34-26)23(30-17-20-10-4-1-5-11-20)16-25(33-24)32-21-12-6-2-7-13-21/h1,3-5,8-11,14-15,21,23-27H,2,6-7,12-13,16-19H2/t23-,24-,25?,26?,27+/m1/s1. The first-order chi connectivity index (χ1) is 17.1. The average molecular weight is 503 g/mol. The third kappa shape index (κ3) is 6.50. The van der Waals surface area contributed by atoms with Gasteiger partial charge in [-0.05, 0) is 30.5 Å². The highest BCUT2D eigenvalue weighted by Gasteiger charge is 2.46. The van der Waals surface area contributed by atoms with Gasteiger partial charge in [-0.3, -0.25) is 0 Å². The lowest BCUT2D eigenvalue weighted by molar-refractivity contribution is -0.340. The molecule has 8 heteroatoms. The number of hydrogen-bond acceptors (Lipinski definition) is 7. The molecule has 2 aromatic rings. The van der Waals surface area contributed by atoms with Crippen molar-refractivity contribution in [1.82, 2.24) is 0 Å². The molecule has 1 aliphatic carbocycles. The predicted octanol–water partition coefficient (Wildman–Crippen LogP) is 4.25. The largest absolute Gasteiger partial charge is 0.371 e. The maximum absolute atomic E-state index is 12.9. The fourth-order valence-corrected chi connectivity index (χ4v) is 6.35. The van der Waals surface area contributed by atoms with Crippen molar-refractivity contribution in [3.05, 3.63) is 66.2 Å². The zero-order chi connectivity index (χ0) is 24.1. The summed E-state index contributed by atoms with van der Waals surface area (Å²) >= 11 is 0. The lowest BCUT2D eigenvalue weighted by Crippen LogP contribution is -2.58. The first kappa shape index (κ1) is 24.9. The summed E-state index contributed by atoms with van der Waals surface area (Å²) in [5, 5.41) is 0. The van der Waals surface area contributed by atoms with Gasteiger partial charge in [-0.25, -0.2) is 8.42 Å². The van der Waals surface area contributed by atoms with Crippen molar-refractivity contribution >= 4 is 9.84 Å². The fourth-order valence-electron chi connectivity index (χ4n) is 5.05. The molecule has 2 saturated heterocycles. The lowest BCUT2D eigenvalue weighted by Gasteiger charge is -2.46. The van der Waals surface area contributed by atoms with E-state index in [2.05, 4.69) is 0 Å². The van der Waals surface area contributed by atoms with Gasteiger partial charge >= 0.3 is 0 Å². The topological polar surface area (TPSA) is 80.3 Å². The van der Waals surface area contributed by atoms with Crippen LogP contribution in [-0.2, 0) is 40.1 Å². The van der Waals surface area contributed by atoms with Crippen molar-refractivity contribution in [2.24, 2.45) is 0 Å². The molecule has 190 valence electrons. The van der Waals surface area contributed by atoms with E-state index >= 15 is 0 Å². The summed E-state index contributed by atoms with van der Waals surface area (Å²) in [5.41, 5.74) is 1.07. The summed E-state index contributed by atoms with van der Waals surface area (Å²) in [7, 11) is -3.56. The molecule has 2 heterocycles. The van der Waals surface area contributed by atoms with Crippen LogP contribution in [0.1, 0.15) is 44.1 Å². The molecule has 5 atom stereocenters. The van der Waals surface area contributed by atoms with E-state index in [-0.39, 0.29) is 35.6 Å². The highest BCUT2D eigenvalue weighted by Crippen LogP contribution is 2.33. The van der Waals surface area contributed by atoms with E-state index in [0.717, 1.165) is 18.4 Å². The van der Waals surface area contributed by atoms with Crippen molar-refractivity contribution in [3.63, 3.8) is 0 Å². The fraction of sp³-hybridized carbons (Fsp3) is 0.556. The summed E-state index contributed by atoms with van der Waals surface area (Å²) in [6.07, 6.45) is 4.07. The zero-order valence-corrected chi connectivity index (χ0v) is 20.7.